The van der Waals surface area contributed by atoms with E-state index in [9.17, 15) is 0 Å². The molecule has 0 saturated heterocycles. The lowest BCUT2D eigenvalue weighted by Gasteiger charge is -2.35. The van der Waals surface area contributed by atoms with Crippen molar-refractivity contribution in [3.8, 4) is 0 Å². The van der Waals surface area contributed by atoms with Crippen LogP contribution < -0.4 is 5.32 Å². The van der Waals surface area contributed by atoms with Crippen LogP contribution in [0, 0.1) is 11.8 Å². The lowest BCUT2D eigenvalue weighted by molar-refractivity contribution is 0.240. The van der Waals surface area contributed by atoms with Gasteiger partial charge in [-0.1, -0.05) is 38.8 Å². The first-order valence-corrected chi connectivity index (χ1v) is 8.24. The predicted molar refractivity (Wildman–Crippen MR) is 81.7 cm³/mol. The topological polar surface area (TPSA) is 12.0 Å². The minimum atomic E-state index is 0.580. The summed E-state index contributed by atoms with van der Waals surface area (Å²) in [7, 11) is 0. The van der Waals surface area contributed by atoms with Crippen molar-refractivity contribution in [2.75, 3.05) is 6.54 Å². The normalized spacial score (nSPS) is 28.8. The van der Waals surface area contributed by atoms with Crippen molar-refractivity contribution < 1.29 is 0 Å². The van der Waals surface area contributed by atoms with E-state index in [0.29, 0.717) is 12.0 Å². The summed E-state index contributed by atoms with van der Waals surface area (Å²) in [6, 6.07) is 4.86. The molecule has 1 saturated carbocycles. The Labute approximate surface area is 120 Å². The van der Waals surface area contributed by atoms with E-state index in [0.717, 1.165) is 22.7 Å². The Bertz CT molecular complexity index is 374. The SMILES string of the molecule is CC1CCC(CNC(C)C)C(c2ccc(Cl)s2)C1. The molecular weight excluding hydrogens is 262 g/mol. The van der Waals surface area contributed by atoms with Crippen LogP contribution in [-0.4, -0.2) is 12.6 Å². The number of halogens is 1. The average Bonchev–Trinajstić information content (AvgIpc) is 2.74. The summed E-state index contributed by atoms with van der Waals surface area (Å²) in [5.74, 6) is 2.34. The minimum absolute atomic E-state index is 0.580. The van der Waals surface area contributed by atoms with Crippen LogP contribution in [0.2, 0.25) is 4.34 Å². The van der Waals surface area contributed by atoms with Crippen LogP contribution in [0.3, 0.4) is 0 Å². The van der Waals surface area contributed by atoms with Gasteiger partial charge in [-0.25, -0.2) is 0 Å². The molecule has 1 heterocycles. The average molecular weight is 286 g/mol. The van der Waals surface area contributed by atoms with Gasteiger partial charge in [-0.2, -0.15) is 0 Å². The van der Waals surface area contributed by atoms with Crippen LogP contribution in [0.5, 0.6) is 0 Å². The van der Waals surface area contributed by atoms with Crippen LogP contribution in [0.4, 0.5) is 0 Å². The van der Waals surface area contributed by atoms with Gasteiger partial charge >= 0.3 is 0 Å². The molecule has 1 nitrogen and oxygen atoms in total. The van der Waals surface area contributed by atoms with E-state index in [-0.39, 0.29) is 0 Å². The Morgan fingerprint density at radius 3 is 2.78 bits per heavy atom. The lowest BCUT2D eigenvalue weighted by atomic mass is 9.74. The number of rotatable bonds is 4. The van der Waals surface area contributed by atoms with Gasteiger partial charge in [0.2, 0.25) is 0 Å². The number of nitrogens with one attached hydrogen (secondary N) is 1. The highest BCUT2D eigenvalue weighted by Gasteiger charge is 2.30. The molecule has 3 unspecified atom stereocenters. The maximum atomic E-state index is 6.09. The molecule has 18 heavy (non-hydrogen) atoms. The van der Waals surface area contributed by atoms with E-state index in [2.05, 4.69) is 32.2 Å². The zero-order valence-electron chi connectivity index (χ0n) is 11.6. The molecule has 3 heteroatoms. The summed E-state index contributed by atoms with van der Waals surface area (Å²) in [5, 5.41) is 3.61. The second-order valence-corrected chi connectivity index (χ2v) is 7.74. The molecule has 0 spiro atoms. The molecule has 102 valence electrons. The summed E-state index contributed by atoms with van der Waals surface area (Å²) < 4.78 is 0.929. The first kappa shape index (κ1) is 14.4. The van der Waals surface area contributed by atoms with Crippen molar-refractivity contribution in [1.82, 2.24) is 5.32 Å². The highest BCUT2D eigenvalue weighted by Crippen LogP contribution is 2.43. The Morgan fingerprint density at radius 1 is 1.39 bits per heavy atom. The van der Waals surface area contributed by atoms with Gasteiger partial charge in [0.15, 0.2) is 0 Å². The second-order valence-electron chi connectivity index (χ2n) is 5.99. The minimum Gasteiger partial charge on any atom is -0.314 e. The molecule has 0 aromatic carbocycles. The molecule has 1 aromatic heterocycles. The highest BCUT2D eigenvalue weighted by molar-refractivity contribution is 7.16. The van der Waals surface area contributed by atoms with Crippen LogP contribution in [0.25, 0.3) is 0 Å². The Balaban J connectivity index is 2.06. The van der Waals surface area contributed by atoms with E-state index in [1.807, 2.05) is 6.07 Å². The zero-order chi connectivity index (χ0) is 13.1. The van der Waals surface area contributed by atoms with Crippen molar-refractivity contribution in [3.63, 3.8) is 0 Å². The van der Waals surface area contributed by atoms with E-state index in [1.165, 1.54) is 24.1 Å². The van der Waals surface area contributed by atoms with Crippen molar-refractivity contribution in [2.24, 2.45) is 11.8 Å². The van der Waals surface area contributed by atoms with Crippen molar-refractivity contribution in [1.29, 1.82) is 0 Å². The van der Waals surface area contributed by atoms with Crippen LogP contribution in [0.1, 0.15) is 50.8 Å². The molecule has 1 N–H and O–H groups in total. The highest BCUT2D eigenvalue weighted by atomic mass is 35.5. The summed E-state index contributed by atoms with van der Waals surface area (Å²) in [4.78, 5) is 1.49. The van der Waals surface area contributed by atoms with E-state index >= 15 is 0 Å². The third-order valence-electron chi connectivity index (χ3n) is 4.00. The quantitative estimate of drug-likeness (QED) is 0.828. The number of hydrogen-bond acceptors (Lipinski definition) is 2. The Morgan fingerprint density at radius 2 is 2.17 bits per heavy atom. The molecule has 0 radical (unpaired) electrons. The first-order chi connectivity index (χ1) is 8.56. The number of thiophene rings is 1. The molecule has 1 aromatic rings. The molecule has 0 aliphatic heterocycles. The molecule has 3 atom stereocenters. The smallest absolute Gasteiger partial charge is 0.0931 e. The van der Waals surface area contributed by atoms with Crippen molar-refractivity contribution >= 4 is 22.9 Å². The molecule has 1 fully saturated rings. The van der Waals surface area contributed by atoms with Crippen molar-refractivity contribution in [3.05, 3.63) is 21.3 Å². The molecule has 2 rings (SSSR count). The fourth-order valence-electron chi connectivity index (χ4n) is 2.95. The third-order valence-corrected chi connectivity index (χ3v) is 5.37. The Hall–Kier alpha value is -0.0500. The third kappa shape index (κ3) is 3.72. The largest absolute Gasteiger partial charge is 0.314 e. The van der Waals surface area contributed by atoms with Gasteiger partial charge in [0.25, 0.3) is 0 Å². The van der Waals surface area contributed by atoms with E-state index in [4.69, 9.17) is 11.6 Å². The first-order valence-electron chi connectivity index (χ1n) is 7.05. The Kier molecular flexibility index (Phi) is 5.11. The van der Waals surface area contributed by atoms with Crippen LogP contribution in [0.15, 0.2) is 12.1 Å². The maximum Gasteiger partial charge on any atom is 0.0931 e. The van der Waals surface area contributed by atoms with Crippen LogP contribution in [-0.2, 0) is 0 Å². The summed E-state index contributed by atoms with van der Waals surface area (Å²) in [6.07, 6.45) is 4.04. The lowest BCUT2D eigenvalue weighted by Crippen LogP contribution is -2.34. The van der Waals surface area contributed by atoms with Gasteiger partial charge in [0.1, 0.15) is 0 Å². The molecule has 1 aliphatic rings. The van der Waals surface area contributed by atoms with Crippen molar-refractivity contribution in [2.45, 2.75) is 52.0 Å². The second kappa shape index (κ2) is 6.40. The molecule has 0 bridgehead atoms. The summed E-state index contributed by atoms with van der Waals surface area (Å²) in [5.41, 5.74) is 0. The fraction of sp³-hybridized carbons (Fsp3) is 0.733. The van der Waals surface area contributed by atoms with Crippen LogP contribution >= 0.6 is 22.9 Å². The monoisotopic (exact) mass is 285 g/mol. The fourth-order valence-corrected chi connectivity index (χ4v) is 4.22. The van der Waals surface area contributed by atoms with Gasteiger partial charge in [-0.05, 0) is 49.3 Å². The molecule has 0 amide bonds. The number of hydrogen-bond donors (Lipinski definition) is 1. The summed E-state index contributed by atoms with van der Waals surface area (Å²) in [6.45, 7) is 7.98. The van der Waals surface area contributed by atoms with Gasteiger partial charge < -0.3 is 5.32 Å². The van der Waals surface area contributed by atoms with Gasteiger partial charge in [-0.15, -0.1) is 11.3 Å². The molecular formula is C15H24ClNS. The zero-order valence-corrected chi connectivity index (χ0v) is 13.2. The van der Waals surface area contributed by atoms with Gasteiger partial charge in [0.05, 0.1) is 4.34 Å². The predicted octanol–water partition coefficient (Wildman–Crippen LogP) is 4.92. The van der Waals surface area contributed by atoms with Gasteiger partial charge in [0, 0.05) is 10.9 Å². The van der Waals surface area contributed by atoms with Gasteiger partial charge in [-0.3, -0.25) is 0 Å². The summed E-state index contributed by atoms with van der Waals surface area (Å²) >= 11 is 7.87. The molecule has 1 aliphatic carbocycles. The van der Waals surface area contributed by atoms with E-state index in [1.54, 1.807) is 11.3 Å². The van der Waals surface area contributed by atoms with E-state index < -0.39 is 0 Å². The standard InChI is InChI=1S/C15H24ClNS/c1-10(2)17-9-12-5-4-11(3)8-13(12)14-6-7-15(16)18-14/h6-7,10-13,17H,4-5,8-9H2,1-3H3. The maximum absolute atomic E-state index is 6.09.